The predicted octanol–water partition coefficient (Wildman–Crippen LogP) is 2.60. The Morgan fingerprint density at radius 2 is 2.19 bits per heavy atom. The van der Waals surface area contributed by atoms with Crippen molar-refractivity contribution in [2.75, 3.05) is 6.61 Å². The van der Waals surface area contributed by atoms with Gasteiger partial charge >= 0.3 is 6.09 Å². The second kappa shape index (κ2) is 5.94. The highest BCUT2D eigenvalue weighted by Gasteiger charge is 2.34. The Hall–Kier alpha value is -0.970. The summed E-state index contributed by atoms with van der Waals surface area (Å²) in [6.07, 6.45) is 1.78. The van der Waals surface area contributed by atoms with Crippen LogP contribution in [0.2, 0.25) is 0 Å². The zero-order valence-electron chi connectivity index (χ0n) is 9.80. The molecule has 1 aliphatic rings. The summed E-state index contributed by atoms with van der Waals surface area (Å²) in [5.41, 5.74) is 0. The van der Waals surface area contributed by atoms with Crippen LogP contribution in [-0.4, -0.2) is 28.8 Å². The fraction of sp³-hybridized carbons (Fsp3) is 0.636. The number of ketones is 1. The number of hydrogen-bond acceptors (Lipinski definition) is 4. The summed E-state index contributed by atoms with van der Waals surface area (Å²) in [7, 11) is 0. The van der Waals surface area contributed by atoms with Crippen LogP contribution in [0.4, 0.5) is 4.79 Å². The van der Waals surface area contributed by atoms with Crippen LogP contribution in [0.1, 0.15) is 27.2 Å². The van der Waals surface area contributed by atoms with Crippen LogP contribution in [-0.2, 0) is 9.53 Å². The molecule has 0 N–H and O–H groups in total. The largest absolute Gasteiger partial charge is 0.449 e. The Labute approximate surface area is 100 Å². The number of amides is 1. The van der Waals surface area contributed by atoms with Gasteiger partial charge in [-0.3, -0.25) is 9.69 Å². The molecular formula is C11H17NO3S. The van der Waals surface area contributed by atoms with Crippen molar-refractivity contribution < 1.29 is 14.3 Å². The van der Waals surface area contributed by atoms with Crippen molar-refractivity contribution in [3.63, 3.8) is 0 Å². The van der Waals surface area contributed by atoms with Gasteiger partial charge in [-0.2, -0.15) is 0 Å². The lowest BCUT2D eigenvalue weighted by atomic mass is 10.0. The van der Waals surface area contributed by atoms with E-state index in [2.05, 4.69) is 0 Å². The second-order valence-electron chi connectivity index (χ2n) is 3.53. The Kier molecular flexibility index (Phi) is 4.86. The van der Waals surface area contributed by atoms with Crippen LogP contribution in [0.25, 0.3) is 0 Å². The van der Waals surface area contributed by atoms with Crippen molar-refractivity contribution in [1.29, 1.82) is 0 Å². The maximum Gasteiger partial charge on any atom is 0.414 e. The fourth-order valence-electron chi connectivity index (χ4n) is 1.53. The van der Waals surface area contributed by atoms with Crippen LogP contribution < -0.4 is 0 Å². The minimum Gasteiger partial charge on any atom is -0.449 e. The quantitative estimate of drug-likeness (QED) is 0.761. The highest BCUT2D eigenvalue weighted by molar-refractivity contribution is 8.02. The smallest absolute Gasteiger partial charge is 0.414 e. The number of carbonyl (C=O) groups is 2. The van der Waals surface area contributed by atoms with Gasteiger partial charge in [0.05, 0.1) is 12.0 Å². The first-order valence-electron chi connectivity index (χ1n) is 5.41. The third kappa shape index (κ3) is 2.78. The van der Waals surface area contributed by atoms with E-state index in [1.165, 1.54) is 16.7 Å². The van der Waals surface area contributed by atoms with Gasteiger partial charge in [-0.05, 0) is 12.3 Å². The Balaban J connectivity index is 2.67. The number of Topliss-reactive ketones (excluding diaryl/α,β-unsaturated/α-hetero) is 1. The van der Waals surface area contributed by atoms with Crippen molar-refractivity contribution in [2.24, 2.45) is 5.92 Å². The normalized spacial score (nSPS) is 20.9. The van der Waals surface area contributed by atoms with Gasteiger partial charge in [-0.1, -0.05) is 13.8 Å². The van der Waals surface area contributed by atoms with Crippen molar-refractivity contribution >= 4 is 23.6 Å². The molecule has 0 saturated carbocycles. The second-order valence-corrected chi connectivity index (χ2v) is 4.55. The standard InChI is InChI=1S/C11H17NO3S/c1-4-9(13)8(3)10-12(6-7-16-10)11(14)15-5-2/h6-8,10H,4-5H2,1-3H3. The van der Waals surface area contributed by atoms with Crippen LogP contribution in [0.3, 0.4) is 0 Å². The van der Waals surface area contributed by atoms with E-state index in [1.54, 1.807) is 13.1 Å². The van der Waals surface area contributed by atoms with Crippen molar-refractivity contribution in [2.45, 2.75) is 32.6 Å². The third-order valence-corrected chi connectivity index (χ3v) is 3.67. The number of carbonyl (C=O) groups excluding carboxylic acids is 2. The molecule has 0 aliphatic carbocycles. The van der Waals surface area contributed by atoms with Gasteiger partial charge in [0.25, 0.3) is 0 Å². The molecule has 0 bridgehead atoms. The maximum absolute atomic E-state index is 11.6. The Morgan fingerprint density at radius 3 is 2.75 bits per heavy atom. The van der Waals surface area contributed by atoms with E-state index in [9.17, 15) is 9.59 Å². The molecule has 0 aromatic heterocycles. The van der Waals surface area contributed by atoms with Gasteiger partial charge in [0.2, 0.25) is 0 Å². The maximum atomic E-state index is 11.6. The molecule has 90 valence electrons. The fourth-order valence-corrected chi connectivity index (χ4v) is 2.57. The summed E-state index contributed by atoms with van der Waals surface area (Å²) in [5, 5.41) is 1.66. The van der Waals surface area contributed by atoms with Crippen LogP contribution >= 0.6 is 11.8 Å². The van der Waals surface area contributed by atoms with E-state index in [0.717, 1.165) is 0 Å². The van der Waals surface area contributed by atoms with Crippen molar-refractivity contribution in [3.8, 4) is 0 Å². The van der Waals surface area contributed by atoms with Gasteiger partial charge in [0.15, 0.2) is 0 Å². The Bertz CT molecular complexity index is 304. The number of thioether (sulfide) groups is 1. The van der Waals surface area contributed by atoms with Crippen molar-refractivity contribution in [3.05, 3.63) is 11.6 Å². The molecule has 1 rings (SSSR count). The average Bonchev–Trinajstić information content (AvgIpc) is 2.76. The van der Waals surface area contributed by atoms with Gasteiger partial charge < -0.3 is 4.74 Å². The summed E-state index contributed by atoms with van der Waals surface area (Å²) in [5.74, 6) is -0.00935. The van der Waals surface area contributed by atoms with Crippen molar-refractivity contribution in [1.82, 2.24) is 4.90 Å². The zero-order valence-corrected chi connectivity index (χ0v) is 10.6. The first-order valence-corrected chi connectivity index (χ1v) is 6.36. The number of nitrogens with zero attached hydrogens (tertiary/aromatic N) is 1. The Morgan fingerprint density at radius 1 is 1.50 bits per heavy atom. The minimum absolute atomic E-state index is 0.161. The molecule has 0 radical (unpaired) electrons. The van der Waals surface area contributed by atoms with Crippen LogP contribution in [0, 0.1) is 5.92 Å². The predicted molar refractivity (Wildman–Crippen MR) is 63.8 cm³/mol. The number of ether oxygens (including phenoxy) is 1. The topological polar surface area (TPSA) is 46.6 Å². The van der Waals surface area contributed by atoms with Crippen LogP contribution in [0.5, 0.6) is 0 Å². The molecule has 1 aliphatic heterocycles. The van der Waals surface area contributed by atoms with Gasteiger partial charge in [-0.15, -0.1) is 11.8 Å². The molecule has 0 spiro atoms. The molecule has 2 unspecified atom stereocenters. The molecule has 0 saturated heterocycles. The lowest BCUT2D eigenvalue weighted by Gasteiger charge is -2.26. The highest BCUT2D eigenvalue weighted by Crippen LogP contribution is 2.32. The molecule has 16 heavy (non-hydrogen) atoms. The monoisotopic (exact) mass is 243 g/mol. The lowest BCUT2D eigenvalue weighted by Crippen LogP contribution is -2.38. The third-order valence-electron chi connectivity index (χ3n) is 2.48. The van der Waals surface area contributed by atoms with Crippen LogP contribution in [0.15, 0.2) is 11.6 Å². The molecule has 0 aromatic rings. The molecule has 0 fully saturated rings. The summed E-state index contributed by atoms with van der Waals surface area (Å²) in [4.78, 5) is 24.7. The SMILES string of the molecule is CCOC(=O)N1C=CSC1C(C)C(=O)CC. The molecule has 4 nitrogen and oxygen atoms in total. The molecule has 0 aromatic carbocycles. The van der Waals surface area contributed by atoms with Gasteiger partial charge in [-0.25, -0.2) is 4.79 Å². The first-order chi connectivity index (χ1) is 7.61. The lowest BCUT2D eigenvalue weighted by molar-refractivity contribution is -0.122. The summed E-state index contributed by atoms with van der Waals surface area (Å²) in [6.45, 7) is 5.79. The summed E-state index contributed by atoms with van der Waals surface area (Å²) >= 11 is 1.48. The van der Waals surface area contributed by atoms with Gasteiger partial charge in [0, 0.05) is 18.5 Å². The molecule has 1 amide bonds. The van der Waals surface area contributed by atoms with E-state index in [0.29, 0.717) is 13.0 Å². The number of rotatable bonds is 4. The zero-order chi connectivity index (χ0) is 12.1. The summed E-state index contributed by atoms with van der Waals surface area (Å²) < 4.78 is 4.93. The molecule has 1 heterocycles. The van der Waals surface area contributed by atoms with E-state index >= 15 is 0 Å². The summed E-state index contributed by atoms with van der Waals surface area (Å²) in [6, 6.07) is 0. The molecular weight excluding hydrogens is 226 g/mol. The number of hydrogen-bond donors (Lipinski definition) is 0. The minimum atomic E-state index is -0.385. The van der Waals surface area contributed by atoms with E-state index in [1.807, 2.05) is 19.3 Å². The molecule has 2 atom stereocenters. The van der Waals surface area contributed by atoms with E-state index in [4.69, 9.17) is 4.74 Å². The van der Waals surface area contributed by atoms with E-state index in [-0.39, 0.29) is 23.2 Å². The highest BCUT2D eigenvalue weighted by atomic mass is 32.2. The molecule has 5 heteroatoms. The van der Waals surface area contributed by atoms with E-state index < -0.39 is 0 Å². The average molecular weight is 243 g/mol. The first kappa shape index (κ1) is 13.1. The van der Waals surface area contributed by atoms with Gasteiger partial charge in [0.1, 0.15) is 5.78 Å².